The van der Waals surface area contributed by atoms with E-state index >= 15 is 0 Å². The maximum Gasteiger partial charge on any atom is 0.201 e. The van der Waals surface area contributed by atoms with E-state index in [2.05, 4.69) is 41.4 Å². The maximum absolute atomic E-state index is 4.50. The molecule has 0 bridgehead atoms. The first-order chi connectivity index (χ1) is 9.54. The summed E-state index contributed by atoms with van der Waals surface area (Å²) in [7, 11) is 0. The zero-order valence-electron chi connectivity index (χ0n) is 12.8. The van der Waals surface area contributed by atoms with Gasteiger partial charge in [-0.05, 0) is 52.3 Å². The number of nitrogens with zero attached hydrogens (tertiary/aromatic N) is 1. The Labute approximate surface area is 121 Å². The van der Waals surface area contributed by atoms with E-state index in [1.807, 2.05) is 24.3 Å². The third kappa shape index (κ3) is 4.85. The summed E-state index contributed by atoms with van der Waals surface area (Å²) < 4.78 is 0. The number of hydrogen-bond donors (Lipinski definition) is 3. The van der Waals surface area contributed by atoms with Crippen molar-refractivity contribution in [2.75, 3.05) is 18.4 Å². The number of imidazole rings is 1. The van der Waals surface area contributed by atoms with Crippen LogP contribution >= 0.6 is 0 Å². The molecule has 0 aliphatic rings. The molecule has 2 aromatic rings. The number of unbranched alkanes of at least 4 members (excludes halogenated alkanes) is 2. The molecule has 2 rings (SSSR count). The number of H-pyrrole nitrogens is 1. The van der Waals surface area contributed by atoms with Crippen molar-refractivity contribution in [2.24, 2.45) is 0 Å². The van der Waals surface area contributed by atoms with Crippen molar-refractivity contribution in [2.45, 2.75) is 45.6 Å². The normalized spacial score (nSPS) is 11.9. The molecule has 1 aromatic heterocycles. The summed E-state index contributed by atoms with van der Waals surface area (Å²) in [4.78, 5) is 7.78. The van der Waals surface area contributed by atoms with Gasteiger partial charge in [-0.3, -0.25) is 0 Å². The Morgan fingerprint density at radius 3 is 2.55 bits per heavy atom. The molecule has 3 N–H and O–H groups in total. The molecule has 1 aromatic carbocycles. The van der Waals surface area contributed by atoms with Crippen LogP contribution in [-0.2, 0) is 0 Å². The molecule has 0 spiro atoms. The summed E-state index contributed by atoms with van der Waals surface area (Å²) in [5.74, 6) is 0.874. The van der Waals surface area contributed by atoms with Crippen LogP contribution in [0.3, 0.4) is 0 Å². The molecular weight excluding hydrogens is 248 g/mol. The average Bonchev–Trinajstić information content (AvgIpc) is 2.79. The molecule has 110 valence electrons. The number of nitrogens with one attached hydrogen (secondary N) is 3. The van der Waals surface area contributed by atoms with Crippen molar-refractivity contribution < 1.29 is 0 Å². The molecule has 4 nitrogen and oxygen atoms in total. The summed E-state index contributed by atoms with van der Waals surface area (Å²) in [6.45, 7) is 8.67. The van der Waals surface area contributed by atoms with Gasteiger partial charge in [0.05, 0.1) is 11.0 Å². The maximum atomic E-state index is 4.50. The Kier molecular flexibility index (Phi) is 5.01. The highest BCUT2D eigenvalue weighted by atomic mass is 15.1. The molecular formula is C16H26N4. The number of hydrogen-bond acceptors (Lipinski definition) is 3. The molecule has 4 heteroatoms. The largest absolute Gasteiger partial charge is 0.356 e. The van der Waals surface area contributed by atoms with E-state index in [0.717, 1.165) is 30.1 Å². The lowest BCUT2D eigenvalue weighted by atomic mass is 10.1. The van der Waals surface area contributed by atoms with Crippen LogP contribution in [0, 0.1) is 0 Å². The van der Waals surface area contributed by atoms with Gasteiger partial charge in [0.25, 0.3) is 0 Å². The van der Waals surface area contributed by atoms with Gasteiger partial charge in [0, 0.05) is 12.1 Å². The lowest BCUT2D eigenvalue weighted by molar-refractivity contribution is 0.417. The summed E-state index contributed by atoms with van der Waals surface area (Å²) in [5.41, 5.74) is 2.33. The summed E-state index contributed by atoms with van der Waals surface area (Å²) in [5, 5.41) is 6.86. The molecule has 0 saturated carbocycles. The Balaban J connectivity index is 1.61. The van der Waals surface area contributed by atoms with Gasteiger partial charge in [-0.25, -0.2) is 4.98 Å². The van der Waals surface area contributed by atoms with Crippen LogP contribution in [0.1, 0.15) is 40.0 Å². The molecule has 0 fully saturated rings. The topological polar surface area (TPSA) is 52.7 Å². The zero-order valence-corrected chi connectivity index (χ0v) is 12.8. The van der Waals surface area contributed by atoms with Crippen molar-refractivity contribution in [1.82, 2.24) is 15.3 Å². The Morgan fingerprint density at radius 2 is 1.80 bits per heavy atom. The van der Waals surface area contributed by atoms with Crippen molar-refractivity contribution in [3.63, 3.8) is 0 Å². The Morgan fingerprint density at radius 1 is 1.05 bits per heavy atom. The van der Waals surface area contributed by atoms with Gasteiger partial charge in [0.2, 0.25) is 5.95 Å². The first-order valence-corrected chi connectivity index (χ1v) is 7.48. The van der Waals surface area contributed by atoms with Crippen LogP contribution in [0.15, 0.2) is 24.3 Å². The first-order valence-electron chi connectivity index (χ1n) is 7.48. The highest BCUT2D eigenvalue weighted by Crippen LogP contribution is 2.13. The fourth-order valence-corrected chi connectivity index (χ4v) is 2.13. The van der Waals surface area contributed by atoms with Gasteiger partial charge >= 0.3 is 0 Å². The van der Waals surface area contributed by atoms with Gasteiger partial charge < -0.3 is 15.6 Å². The van der Waals surface area contributed by atoms with Crippen molar-refractivity contribution in [3.8, 4) is 0 Å². The molecule has 0 atom stereocenters. The third-order valence-corrected chi connectivity index (χ3v) is 3.19. The number of benzene rings is 1. The van der Waals surface area contributed by atoms with Crippen molar-refractivity contribution in [3.05, 3.63) is 24.3 Å². The van der Waals surface area contributed by atoms with Crippen LogP contribution < -0.4 is 10.6 Å². The molecule has 0 saturated heterocycles. The highest BCUT2D eigenvalue weighted by Gasteiger charge is 2.06. The van der Waals surface area contributed by atoms with E-state index in [1.54, 1.807) is 0 Å². The SMILES string of the molecule is CC(C)(C)NCCCCCNc1nc2ccccc2[nH]1. The lowest BCUT2D eigenvalue weighted by Gasteiger charge is -2.20. The van der Waals surface area contributed by atoms with Crippen LogP contribution in [-0.4, -0.2) is 28.6 Å². The molecule has 20 heavy (non-hydrogen) atoms. The predicted molar refractivity (Wildman–Crippen MR) is 86.2 cm³/mol. The number of aromatic nitrogens is 2. The fraction of sp³-hybridized carbons (Fsp3) is 0.562. The van der Waals surface area contributed by atoms with Crippen LogP contribution in [0.25, 0.3) is 11.0 Å². The number of fused-ring (bicyclic) bond motifs is 1. The monoisotopic (exact) mass is 274 g/mol. The Bertz CT molecular complexity index is 492. The molecule has 1 heterocycles. The lowest BCUT2D eigenvalue weighted by Crippen LogP contribution is -2.36. The second-order valence-corrected chi connectivity index (χ2v) is 6.27. The van der Waals surface area contributed by atoms with E-state index < -0.39 is 0 Å². The van der Waals surface area contributed by atoms with Crippen LogP contribution in [0.5, 0.6) is 0 Å². The van der Waals surface area contributed by atoms with Gasteiger partial charge in [0.1, 0.15) is 0 Å². The first kappa shape index (κ1) is 14.9. The smallest absolute Gasteiger partial charge is 0.201 e. The Hall–Kier alpha value is -1.55. The molecule has 0 aliphatic heterocycles. The second kappa shape index (κ2) is 6.75. The van der Waals surface area contributed by atoms with Gasteiger partial charge in [-0.1, -0.05) is 18.6 Å². The minimum atomic E-state index is 0.229. The second-order valence-electron chi connectivity index (χ2n) is 6.27. The molecule has 0 aliphatic carbocycles. The number of aromatic amines is 1. The molecule has 0 radical (unpaired) electrons. The van der Waals surface area contributed by atoms with Gasteiger partial charge in [-0.15, -0.1) is 0 Å². The fourth-order valence-electron chi connectivity index (χ4n) is 2.13. The zero-order chi connectivity index (χ0) is 14.4. The van der Waals surface area contributed by atoms with E-state index in [-0.39, 0.29) is 5.54 Å². The summed E-state index contributed by atoms with van der Waals surface area (Å²) >= 11 is 0. The summed E-state index contributed by atoms with van der Waals surface area (Å²) in [6.07, 6.45) is 3.62. The van der Waals surface area contributed by atoms with Gasteiger partial charge in [0.15, 0.2) is 0 Å². The predicted octanol–water partition coefficient (Wildman–Crippen LogP) is 3.53. The van der Waals surface area contributed by atoms with E-state index in [1.165, 1.54) is 19.3 Å². The van der Waals surface area contributed by atoms with Gasteiger partial charge in [-0.2, -0.15) is 0 Å². The third-order valence-electron chi connectivity index (χ3n) is 3.19. The van der Waals surface area contributed by atoms with Crippen molar-refractivity contribution >= 4 is 17.0 Å². The van der Waals surface area contributed by atoms with Crippen LogP contribution in [0.4, 0.5) is 5.95 Å². The number of rotatable bonds is 7. The number of para-hydroxylation sites is 2. The van der Waals surface area contributed by atoms with Crippen LogP contribution in [0.2, 0.25) is 0 Å². The summed E-state index contributed by atoms with van der Waals surface area (Å²) in [6, 6.07) is 8.10. The minimum absolute atomic E-state index is 0.229. The molecule has 0 unspecified atom stereocenters. The van der Waals surface area contributed by atoms with E-state index in [4.69, 9.17) is 0 Å². The standard InChI is InChI=1S/C16H26N4/c1-16(2,3)18-12-8-4-7-11-17-15-19-13-9-5-6-10-14(13)20-15/h5-6,9-10,18H,4,7-8,11-12H2,1-3H3,(H2,17,19,20). The molecule has 0 amide bonds. The van der Waals surface area contributed by atoms with Crippen molar-refractivity contribution in [1.29, 1.82) is 0 Å². The quantitative estimate of drug-likeness (QED) is 0.677. The highest BCUT2D eigenvalue weighted by molar-refractivity contribution is 5.77. The number of anilines is 1. The van der Waals surface area contributed by atoms with E-state index in [0.29, 0.717) is 0 Å². The average molecular weight is 274 g/mol. The minimum Gasteiger partial charge on any atom is -0.356 e. The van der Waals surface area contributed by atoms with E-state index in [9.17, 15) is 0 Å².